The standard InChI is InChI=1S/C16H15ClN2O4S/c1-10(24-15-6-4-3-5-12(15)17)16(20)18-13-9-11(19(21)22)7-8-14(13)23-2/h3-10H,1-2H3,(H,18,20)/t10-/m1/s1. The quantitative estimate of drug-likeness (QED) is 0.466. The largest absolute Gasteiger partial charge is 0.495 e. The Balaban J connectivity index is 2.15. The van der Waals surface area contributed by atoms with Crippen LogP contribution in [0.4, 0.5) is 11.4 Å². The lowest BCUT2D eigenvalue weighted by Crippen LogP contribution is -2.22. The predicted molar refractivity (Wildman–Crippen MR) is 95.0 cm³/mol. The molecule has 6 nitrogen and oxygen atoms in total. The van der Waals surface area contributed by atoms with Gasteiger partial charge in [0, 0.05) is 17.0 Å². The van der Waals surface area contributed by atoms with E-state index in [9.17, 15) is 14.9 Å². The summed E-state index contributed by atoms with van der Waals surface area (Å²) in [6.07, 6.45) is 0. The van der Waals surface area contributed by atoms with Crippen LogP contribution in [0.3, 0.4) is 0 Å². The Morgan fingerprint density at radius 1 is 1.33 bits per heavy atom. The number of benzene rings is 2. The van der Waals surface area contributed by atoms with Crippen molar-refractivity contribution < 1.29 is 14.5 Å². The lowest BCUT2D eigenvalue weighted by Gasteiger charge is -2.14. The fraction of sp³-hybridized carbons (Fsp3) is 0.188. The Hall–Kier alpha value is -2.25. The Bertz CT molecular complexity index is 769. The predicted octanol–water partition coefficient (Wildman–Crippen LogP) is 4.38. The minimum Gasteiger partial charge on any atom is -0.495 e. The second-order valence-corrected chi connectivity index (χ2v) is 6.61. The summed E-state index contributed by atoms with van der Waals surface area (Å²) in [7, 11) is 1.43. The van der Waals surface area contributed by atoms with Crippen molar-refractivity contribution in [2.75, 3.05) is 12.4 Å². The Kier molecular flexibility index (Phi) is 6.05. The first-order valence-corrected chi connectivity index (χ1v) is 8.22. The molecule has 0 saturated carbocycles. The van der Waals surface area contributed by atoms with Gasteiger partial charge in [-0.15, -0.1) is 11.8 Å². The zero-order valence-corrected chi connectivity index (χ0v) is 14.6. The molecule has 126 valence electrons. The number of hydrogen-bond donors (Lipinski definition) is 1. The molecule has 1 amide bonds. The van der Waals surface area contributed by atoms with Crippen molar-refractivity contribution in [1.29, 1.82) is 0 Å². The van der Waals surface area contributed by atoms with E-state index >= 15 is 0 Å². The maximum Gasteiger partial charge on any atom is 0.271 e. The number of thioether (sulfide) groups is 1. The van der Waals surface area contributed by atoms with E-state index in [1.165, 1.54) is 37.1 Å². The third-order valence-corrected chi connectivity index (χ3v) is 4.78. The number of nitro benzene ring substituents is 1. The molecule has 0 aliphatic carbocycles. The highest BCUT2D eigenvalue weighted by molar-refractivity contribution is 8.00. The van der Waals surface area contributed by atoms with Crippen molar-refractivity contribution in [1.82, 2.24) is 0 Å². The zero-order valence-electron chi connectivity index (χ0n) is 13.0. The molecule has 0 bridgehead atoms. The molecule has 2 aromatic carbocycles. The van der Waals surface area contributed by atoms with Gasteiger partial charge in [-0.3, -0.25) is 14.9 Å². The van der Waals surface area contributed by atoms with Gasteiger partial charge in [-0.25, -0.2) is 0 Å². The van der Waals surface area contributed by atoms with Gasteiger partial charge in [0.15, 0.2) is 0 Å². The van der Waals surface area contributed by atoms with E-state index in [1.54, 1.807) is 13.0 Å². The van der Waals surface area contributed by atoms with Crippen LogP contribution in [-0.2, 0) is 4.79 Å². The number of nitrogens with zero attached hydrogens (tertiary/aromatic N) is 1. The molecule has 1 atom stereocenters. The van der Waals surface area contributed by atoms with Gasteiger partial charge in [-0.1, -0.05) is 23.7 Å². The van der Waals surface area contributed by atoms with Crippen molar-refractivity contribution in [2.45, 2.75) is 17.1 Å². The minimum atomic E-state index is -0.531. The average Bonchev–Trinajstić information content (AvgIpc) is 2.56. The van der Waals surface area contributed by atoms with E-state index in [2.05, 4.69) is 5.32 Å². The van der Waals surface area contributed by atoms with Crippen molar-refractivity contribution in [2.24, 2.45) is 0 Å². The van der Waals surface area contributed by atoms with Crippen LogP contribution in [0.2, 0.25) is 5.02 Å². The molecule has 0 saturated heterocycles. The monoisotopic (exact) mass is 366 g/mol. The Morgan fingerprint density at radius 2 is 2.04 bits per heavy atom. The molecule has 0 aromatic heterocycles. The first kappa shape index (κ1) is 18.1. The van der Waals surface area contributed by atoms with Crippen LogP contribution in [0.25, 0.3) is 0 Å². The fourth-order valence-electron chi connectivity index (χ4n) is 1.93. The summed E-state index contributed by atoms with van der Waals surface area (Å²) >= 11 is 7.39. The Morgan fingerprint density at radius 3 is 2.67 bits per heavy atom. The maximum absolute atomic E-state index is 12.4. The van der Waals surface area contributed by atoms with Gasteiger partial charge in [-0.05, 0) is 25.1 Å². The van der Waals surface area contributed by atoms with E-state index in [4.69, 9.17) is 16.3 Å². The van der Waals surface area contributed by atoms with Crippen molar-refractivity contribution >= 4 is 40.6 Å². The van der Waals surface area contributed by atoms with Gasteiger partial charge >= 0.3 is 0 Å². The first-order chi connectivity index (χ1) is 11.4. The number of anilines is 1. The molecule has 0 unspecified atom stereocenters. The van der Waals surface area contributed by atoms with E-state index in [0.29, 0.717) is 10.8 Å². The fourth-order valence-corrected chi connectivity index (χ4v) is 3.08. The molecule has 0 spiro atoms. The van der Waals surface area contributed by atoms with Crippen LogP contribution in [0.1, 0.15) is 6.92 Å². The van der Waals surface area contributed by atoms with Crippen LogP contribution < -0.4 is 10.1 Å². The smallest absolute Gasteiger partial charge is 0.271 e. The average molecular weight is 367 g/mol. The maximum atomic E-state index is 12.4. The molecule has 0 fully saturated rings. The van der Waals surface area contributed by atoms with E-state index < -0.39 is 10.2 Å². The third kappa shape index (κ3) is 4.39. The van der Waals surface area contributed by atoms with Crippen molar-refractivity contribution in [3.63, 3.8) is 0 Å². The highest BCUT2D eigenvalue weighted by Gasteiger charge is 2.19. The molecule has 0 aliphatic heterocycles. The number of carbonyl (C=O) groups excluding carboxylic acids is 1. The first-order valence-electron chi connectivity index (χ1n) is 6.97. The second kappa shape index (κ2) is 8.03. The van der Waals surface area contributed by atoms with Gasteiger partial charge in [0.25, 0.3) is 5.69 Å². The number of hydrogen-bond acceptors (Lipinski definition) is 5. The second-order valence-electron chi connectivity index (χ2n) is 4.82. The van der Waals surface area contributed by atoms with E-state index in [-0.39, 0.29) is 17.3 Å². The summed E-state index contributed by atoms with van der Waals surface area (Å²) in [5.41, 5.74) is 0.126. The number of methoxy groups -OCH3 is 1. The summed E-state index contributed by atoms with van der Waals surface area (Å²) in [5.74, 6) is 0.0441. The molecule has 0 heterocycles. The van der Waals surface area contributed by atoms with Crippen LogP contribution >= 0.6 is 23.4 Å². The highest BCUT2D eigenvalue weighted by atomic mass is 35.5. The van der Waals surface area contributed by atoms with Gasteiger partial charge in [-0.2, -0.15) is 0 Å². The van der Waals surface area contributed by atoms with E-state index in [0.717, 1.165) is 4.90 Å². The molecule has 24 heavy (non-hydrogen) atoms. The third-order valence-electron chi connectivity index (χ3n) is 3.16. The minimum absolute atomic E-state index is 0.127. The van der Waals surface area contributed by atoms with Gasteiger partial charge < -0.3 is 10.1 Å². The lowest BCUT2D eigenvalue weighted by atomic mass is 10.2. The number of carbonyl (C=O) groups is 1. The van der Waals surface area contributed by atoms with Crippen LogP contribution in [0, 0.1) is 10.1 Å². The number of rotatable bonds is 6. The van der Waals surface area contributed by atoms with Crippen LogP contribution in [0.15, 0.2) is 47.4 Å². The molecule has 0 radical (unpaired) electrons. The summed E-state index contributed by atoms with van der Waals surface area (Å²) < 4.78 is 5.13. The number of halogens is 1. The molecular weight excluding hydrogens is 352 g/mol. The molecule has 2 rings (SSSR count). The van der Waals surface area contributed by atoms with Crippen LogP contribution in [0.5, 0.6) is 5.75 Å². The van der Waals surface area contributed by atoms with Crippen LogP contribution in [-0.4, -0.2) is 23.2 Å². The molecule has 8 heteroatoms. The topological polar surface area (TPSA) is 81.5 Å². The summed E-state index contributed by atoms with van der Waals surface area (Å²) in [5, 5.41) is 13.7. The van der Waals surface area contributed by atoms with E-state index in [1.807, 2.05) is 18.2 Å². The van der Waals surface area contributed by atoms with Gasteiger partial charge in [0.05, 0.1) is 28.0 Å². The van der Waals surface area contributed by atoms with Gasteiger partial charge in [0.1, 0.15) is 5.75 Å². The number of ether oxygens (including phenoxy) is 1. The SMILES string of the molecule is COc1ccc([N+](=O)[O-])cc1NC(=O)[C@@H](C)Sc1ccccc1Cl. The number of non-ortho nitro benzene ring substituents is 1. The molecule has 0 aliphatic rings. The number of amides is 1. The number of nitro groups is 1. The summed E-state index contributed by atoms with van der Waals surface area (Å²) in [6.45, 7) is 1.73. The molecule has 1 N–H and O–H groups in total. The summed E-state index contributed by atoms with van der Waals surface area (Å²) in [4.78, 5) is 23.5. The highest BCUT2D eigenvalue weighted by Crippen LogP contribution is 2.32. The lowest BCUT2D eigenvalue weighted by molar-refractivity contribution is -0.384. The Labute approximate surface area is 148 Å². The van der Waals surface area contributed by atoms with Crippen molar-refractivity contribution in [3.8, 4) is 5.75 Å². The zero-order chi connectivity index (χ0) is 17.7. The number of nitrogens with one attached hydrogen (secondary N) is 1. The molecule has 2 aromatic rings. The normalized spacial score (nSPS) is 11.6. The van der Waals surface area contributed by atoms with Gasteiger partial charge in [0.2, 0.25) is 5.91 Å². The molecular formula is C16H15ClN2O4S. The van der Waals surface area contributed by atoms with Crippen molar-refractivity contribution in [3.05, 3.63) is 57.6 Å². The summed E-state index contributed by atoms with van der Waals surface area (Å²) in [6, 6.07) is 11.2.